The minimum absolute atomic E-state index is 0. The van der Waals surface area contributed by atoms with Gasteiger partial charge in [-0.1, -0.05) is 71.1 Å². The number of hydrogen-bond donors (Lipinski definition) is 1. The summed E-state index contributed by atoms with van der Waals surface area (Å²) >= 11 is 0. The summed E-state index contributed by atoms with van der Waals surface area (Å²) in [6.07, 6.45) is 7.72. The summed E-state index contributed by atoms with van der Waals surface area (Å²) in [5, 5.41) is 21.8. The van der Waals surface area contributed by atoms with Crippen LogP contribution in [0, 0.1) is 0 Å². The maximum Gasteiger partial charge on any atom is 2.00 e. The molecule has 0 amide bonds. The molecule has 0 aliphatic rings. The molecule has 0 heterocycles. The van der Waals surface area contributed by atoms with E-state index in [1.807, 2.05) is 0 Å². The maximum absolute atomic E-state index is 11.4. The second-order valence-electron chi connectivity index (χ2n) is 6.24. The summed E-state index contributed by atoms with van der Waals surface area (Å²) in [6, 6.07) is 0. The van der Waals surface area contributed by atoms with Gasteiger partial charge in [0.15, 0.2) is 0 Å². The Labute approximate surface area is 166 Å². The Bertz CT molecular complexity index is 493. The van der Waals surface area contributed by atoms with E-state index in [9.17, 15) is 28.2 Å². The van der Waals surface area contributed by atoms with Crippen molar-refractivity contribution in [2.24, 2.45) is 0 Å². The van der Waals surface area contributed by atoms with Crippen LogP contribution >= 0.6 is 0 Å². The number of carbonyl (C=O) groups is 2. The van der Waals surface area contributed by atoms with Gasteiger partial charge in [-0.05, 0) is 6.42 Å². The first-order valence-corrected chi connectivity index (χ1v) is 9.99. The number of unbranched alkanes of at least 4 members (excludes halogenated alkanes) is 9. The number of carboxylic acids is 2. The van der Waals surface area contributed by atoms with E-state index < -0.39 is 39.6 Å². The van der Waals surface area contributed by atoms with Crippen LogP contribution in [-0.2, 0) is 19.7 Å². The van der Waals surface area contributed by atoms with Crippen LogP contribution in [0.1, 0.15) is 84.0 Å². The standard InChI is InChI=1S/C16H30O7S.Mg/c1-2-3-4-5-6-7-8-9-10-11-12-16(15(19)20,13-14(17)18)24(21,22)23;/h2-13H2,1H3,(H,17,18)(H,19,20)(H,21,22,23);/q;+2/p-2. The van der Waals surface area contributed by atoms with E-state index >= 15 is 0 Å². The van der Waals surface area contributed by atoms with E-state index in [-0.39, 0.29) is 29.5 Å². The van der Waals surface area contributed by atoms with E-state index in [4.69, 9.17) is 4.55 Å². The quantitative estimate of drug-likeness (QED) is 0.244. The van der Waals surface area contributed by atoms with Gasteiger partial charge >= 0.3 is 23.1 Å². The number of hydrogen-bond acceptors (Lipinski definition) is 6. The molecule has 25 heavy (non-hydrogen) atoms. The monoisotopic (exact) mass is 388 g/mol. The van der Waals surface area contributed by atoms with E-state index in [0.29, 0.717) is 6.42 Å². The van der Waals surface area contributed by atoms with Gasteiger partial charge in [0.05, 0.1) is 5.97 Å². The number of aliphatic carboxylic acids is 2. The van der Waals surface area contributed by atoms with Crippen molar-refractivity contribution in [2.75, 3.05) is 0 Å². The number of carboxylic acid groups (broad SMARTS) is 2. The van der Waals surface area contributed by atoms with Crippen molar-refractivity contribution in [3.05, 3.63) is 0 Å². The molecule has 0 saturated carbocycles. The molecule has 0 bridgehead atoms. The summed E-state index contributed by atoms with van der Waals surface area (Å²) < 4.78 is 29.1. The van der Waals surface area contributed by atoms with Crippen LogP contribution in [0.5, 0.6) is 0 Å². The molecule has 0 rings (SSSR count). The fourth-order valence-electron chi connectivity index (χ4n) is 2.72. The molecule has 0 saturated heterocycles. The van der Waals surface area contributed by atoms with Gasteiger partial charge in [-0.2, -0.15) is 8.42 Å². The third-order valence-corrected chi connectivity index (χ3v) is 5.73. The Hall–Kier alpha value is -0.384. The van der Waals surface area contributed by atoms with Crippen LogP contribution in [0.3, 0.4) is 0 Å². The molecule has 1 atom stereocenters. The van der Waals surface area contributed by atoms with Crippen LogP contribution in [-0.4, -0.2) is 52.7 Å². The molecule has 1 N–H and O–H groups in total. The number of rotatable bonds is 15. The van der Waals surface area contributed by atoms with Crippen molar-refractivity contribution in [2.45, 2.75) is 88.7 Å². The topological polar surface area (TPSA) is 135 Å². The molecule has 0 radical (unpaired) electrons. The molecule has 142 valence electrons. The van der Waals surface area contributed by atoms with Gasteiger partial charge in [-0.25, -0.2) is 0 Å². The molecule has 0 aliphatic carbocycles. The zero-order valence-electron chi connectivity index (χ0n) is 15.0. The average molecular weight is 389 g/mol. The van der Waals surface area contributed by atoms with Crippen molar-refractivity contribution in [1.29, 1.82) is 0 Å². The van der Waals surface area contributed by atoms with Crippen LogP contribution in [0.4, 0.5) is 0 Å². The Morgan fingerprint density at radius 3 is 1.60 bits per heavy atom. The number of carbonyl (C=O) groups excluding carboxylic acids is 2. The molecule has 0 fully saturated rings. The van der Waals surface area contributed by atoms with Crippen LogP contribution in [0.25, 0.3) is 0 Å². The Kier molecular flexibility index (Phi) is 14.8. The molecular weight excluding hydrogens is 361 g/mol. The molecule has 0 aromatic rings. The summed E-state index contributed by atoms with van der Waals surface area (Å²) in [7, 11) is -5.11. The van der Waals surface area contributed by atoms with Crippen LogP contribution < -0.4 is 10.2 Å². The Balaban J connectivity index is 0. The smallest absolute Gasteiger partial charge is 0.550 e. The summed E-state index contributed by atoms with van der Waals surface area (Å²) in [4.78, 5) is 21.8. The van der Waals surface area contributed by atoms with E-state index in [0.717, 1.165) is 25.7 Å². The molecule has 7 nitrogen and oxygen atoms in total. The fourth-order valence-corrected chi connectivity index (χ4v) is 3.63. The Morgan fingerprint density at radius 1 is 0.880 bits per heavy atom. The van der Waals surface area contributed by atoms with E-state index in [2.05, 4.69) is 6.92 Å². The minimum atomic E-state index is -5.11. The molecular formula is C16H28MgO7S. The van der Waals surface area contributed by atoms with Gasteiger partial charge in [0.2, 0.25) is 0 Å². The maximum atomic E-state index is 11.4. The fraction of sp³-hybridized carbons (Fsp3) is 0.875. The van der Waals surface area contributed by atoms with E-state index in [1.165, 1.54) is 25.7 Å². The van der Waals surface area contributed by atoms with Crippen LogP contribution in [0.15, 0.2) is 0 Å². The Morgan fingerprint density at radius 2 is 1.28 bits per heavy atom. The van der Waals surface area contributed by atoms with Crippen molar-refractivity contribution in [3.8, 4) is 0 Å². The first-order valence-electron chi connectivity index (χ1n) is 8.55. The van der Waals surface area contributed by atoms with Crippen molar-refractivity contribution in [1.82, 2.24) is 0 Å². The van der Waals surface area contributed by atoms with Gasteiger partial charge in [0, 0.05) is 12.4 Å². The first kappa shape index (κ1) is 26.8. The SMILES string of the molecule is CCCCCCCCCCCCC(CC(=O)[O-])(C(=O)[O-])S(=O)(=O)O.[Mg+2]. The first-order chi connectivity index (χ1) is 11.2. The van der Waals surface area contributed by atoms with Gasteiger partial charge < -0.3 is 19.8 Å². The third kappa shape index (κ3) is 10.4. The van der Waals surface area contributed by atoms with Crippen LogP contribution in [0.2, 0.25) is 0 Å². The molecule has 0 spiro atoms. The van der Waals surface area contributed by atoms with Gasteiger partial charge in [0.25, 0.3) is 10.1 Å². The largest absolute Gasteiger partial charge is 2.00 e. The van der Waals surface area contributed by atoms with Crippen molar-refractivity contribution in [3.63, 3.8) is 0 Å². The van der Waals surface area contributed by atoms with Crippen molar-refractivity contribution < 1.29 is 32.8 Å². The molecule has 0 aromatic heterocycles. The third-order valence-electron chi connectivity index (χ3n) is 4.23. The predicted octanol–water partition coefficient (Wildman–Crippen LogP) is 0.433. The van der Waals surface area contributed by atoms with E-state index in [1.54, 1.807) is 0 Å². The molecule has 0 aliphatic heterocycles. The van der Waals surface area contributed by atoms with Gasteiger partial charge in [-0.15, -0.1) is 0 Å². The molecule has 9 heteroatoms. The zero-order valence-corrected chi connectivity index (χ0v) is 17.2. The second kappa shape index (κ2) is 13.8. The van der Waals surface area contributed by atoms with Gasteiger partial charge in [-0.3, -0.25) is 4.55 Å². The summed E-state index contributed by atoms with van der Waals surface area (Å²) in [5.41, 5.74) is 0. The summed E-state index contributed by atoms with van der Waals surface area (Å²) in [5.74, 6) is -3.96. The van der Waals surface area contributed by atoms with Gasteiger partial charge in [0.1, 0.15) is 4.75 Å². The summed E-state index contributed by atoms with van der Waals surface area (Å²) in [6.45, 7) is 2.15. The van der Waals surface area contributed by atoms with Crippen molar-refractivity contribution >= 4 is 45.1 Å². The minimum Gasteiger partial charge on any atom is -0.550 e. The average Bonchev–Trinajstić information content (AvgIpc) is 2.46. The molecule has 0 aromatic carbocycles. The molecule has 1 unspecified atom stereocenters. The predicted molar refractivity (Wildman–Crippen MR) is 91.1 cm³/mol. The second-order valence-corrected chi connectivity index (χ2v) is 7.97. The zero-order chi connectivity index (χ0) is 18.6. The normalized spacial score (nSPS) is 13.7.